The van der Waals surface area contributed by atoms with E-state index in [4.69, 9.17) is 4.42 Å². The fourth-order valence-electron chi connectivity index (χ4n) is 9.65. The van der Waals surface area contributed by atoms with Crippen LogP contribution in [0.5, 0.6) is 0 Å². The van der Waals surface area contributed by atoms with Gasteiger partial charge in [-0.05, 0) is 124 Å². The summed E-state index contributed by atoms with van der Waals surface area (Å²) in [5, 5.41) is 2.24. The molecule has 0 aliphatic heterocycles. The van der Waals surface area contributed by atoms with Gasteiger partial charge in [-0.25, -0.2) is 0 Å². The molecule has 2 nitrogen and oxygen atoms in total. The first kappa shape index (κ1) is 31.8. The zero-order valence-electron chi connectivity index (χ0n) is 30.6. The smallest absolute Gasteiger partial charge is 0.135 e. The van der Waals surface area contributed by atoms with Crippen LogP contribution in [0.25, 0.3) is 44.2 Å². The summed E-state index contributed by atoms with van der Waals surface area (Å²) in [5.74, 6) is 0. The molecule has 262 valence electrons. The highest BCUT2D eigenvalue weighted by Crippen LogP contribution is 2.59. The Morgan fingerprint density at radius 2 is 1.07 bits per heavy atom. The van der Waals surface area contributed by atoms with Crippen molar-refractivity contribution in [2.75, 3.05) is 4.90 Å². The van der Waals surface area contributed by atoms with Gasteiger partial charge in [-0.3, -0.25) is 0 Å². The largest absolute Gasteiger partial charge is 0.456 e. The topological polar surface area (TPSA) is 16.4 Å². The average molecular weight is 706 g/mol. The fraction of sp³-hybridized carbons (Fsp3) is 0.0943. The van der Waals surface area contributed by atoms with E-state index in [1.54, 1.807) is 0 Å². The van der Waals surface area contributed by atoms with Gasteiger partial charge < -0.3 is 9.32 Å². The third-order valence-electron chi connectivity index (χ3n) is 12.1. The number of hydrogen-bond acceptors (Lipinski definition) is 2. The normalized spacial score (nSPS) is 14.0. The third-order valence-corrected chi connectivity index (χ3v) is 12.1. The highest BCUT2D eigenvalue weighted by Gasteiger charge is 2.46. The Kier molecular flexibility index (Phi) is 7.38. The molecule has 1 aromatic heterocycles. The lowest BCUT2D eigenvalue weighted by molar-refractivity contribution is 0.669. The number of furan rings is 1. The summed E-state index contributed by atoms with van der Waals surface area (Å²) < 4.78 is 6.35. The molecule has 8 aromatic carbocycles. The number of fused-ring (bicyclic) bond motifs is 7. The molecule has 2 aliphatic rings. The van der Waals surface area contributed by atoms with Gasteiger partial charge in [0.25, 0.3) is 0 Å². The fourth-order valence-corrected chi connectivity index (χ4v) is 9.65. The van der Waals surface area contributed by atoms with Gasteiger partial charge in [0.05, 0.1) is 11.1 Å². The molecule has 9 aromatic rings. The number of rotatable bonds is 6. The molecule has 0 unspecified atom stereocenters. The SMILES string of the molecule is c1ccc(N(c2ccc3oc4ccccc4c3c2)c2cc3c(cc2-c2ccc4c(c2)CCCC4)-c2ccccc2C3(c2ccccc2)c2ccccc2)cc1. The van der Waals surface area contributed by atoms with E-state index < -0.39 is 5.41 Å². The molecule has 0 radical (unpaired) electrons. The van der Waals surface area contributed by atoms with Crippen molar-refractivity contribution in [3.63, 3.8) is 0 Å². The lowest BCUT2D eigenvalue weighted by Crippen LogP contribution is -2.28. The molecule has 0 amide bonds. The molecule has 0 fully saturated rings. The monoisotopic (exact) mass is 705 g/mol. The van der Waals surface area contributed by atoms with Crippen molar-refractivity contribution in [1.29, 1.82) is 0 Å². The summed E-state index contributed by atoms with van der Waals surface area (Å²) in [5.41, 5.74) is 17.8. The Morgan fingerprint density at radius 1 is 0.418 bits per heavy atom. The number of benzene rings is 8. The van der Waals surface area contributed by atoms with Gasteiger partial charge >= 0.3 is 0 Å². The number of anilines is 3. The molecule has 0 saturated heterocycles. The van der Waals surface area contributed by atoms with E-state index in [-0.39, 0.29) is 0 Å². The predicted octanol–water partition coefficient (Wildman–Crippen LogP) is 14.0. The van der Waals surface area contributed by atoms with Gasteiger partial charge in [-0.15, -0.1) is 0 Å². The van der Waals surface area contributed by atoms with E-state index in [1.807, 2.05) is 6.07 Å². The van der Waals surface area contributed by atoms with Crippen LogP contribution in [0.3, 0.4) is 0 Å². The molecule has 0 spiro atoms. The highest BCUT2D eigenvalue weighted by atomic mass is 16.3. The Bertz CT molecular complexity index is 2830. The van der Waals surface area contributed by atoms with Crippen LogP contribution >= 0.6 is 0 Å². The van der Waals surface area contributed by atoms with Crippen LogP contribution in [0, 0.1) is 0 Å². The van der Waals surface area contributed by atoms with E-state index in [9.17, 15) is 0 Å². The van der Waals surface area contributed by atoms with Gasteiger partial charge in [-0.1, -0.05) is 140 Å². The summed E-state index contributed by atoms with van der Waals surface area (Å²) in [4.78, 5) is 2.47. The molecule has 0 N–H and O–H groups in total. The minimum atomic E-state index is -0.523. The van der Waals surface area contributed by atoms with Gasteiger partial charge in [-0.2, -0.15) is 0 Å². The number of nitrogens with zero attached hydrogens (tertiary/aromatic N) is 1. The van der Waals surface area contributed by atoms with Crippen LogP contribution in [-0.4, -0.2) is 0 Å². The van der Waals surface area contributed by atoms with Crippen LogP contribution in [0.2, 0.25) is 0 Å². The summed E-state index contributed by atoms with van der Waals surface area (Å²) in [7, 11) is 0. The second kappa shape index (κ2) is 12.7. The Morgan fingerprint density at radius 3 is 1.85 bits per heavy atom. The molecule has 0 saturated carbocycles. The molecule has 2 aliphatic carbocycles. The minimum absolute atomic E-state index is 0.523. The van der Waals surface area contributed by atoms with Crippen molar-refractivity contribution in [3.05, 3.63) is 221 Å². The molecule has 0 atom stereocenters. The summed E-state index contributed by atoms with van der Waals surface area (Å²) in [6.07, 6.45) is 4.79. The second-order valence-corrected chi connectivity index (χ2v) is 15.1. The molecule has 1 heterocycles. The molecule has 11 rings (SSSR count). The lowest BCUT2D eigenvalue weighted by Gasteiger charge is -2.35. The lowest BCUT2D eigenvalue weighted by atomic mass is 9.67. The first-order valence-electron chi connectivity index (χ1n) is 19.6. The first-order valence-corrected chi connectivity index (χ1v) is 19.6. The van der Waals surface area contributed by atoms with E-state index in [1.165, 1.54) is 68.5 Å². The van der Waals surface area contributed by atoms with Crippen molar-refractivity contribution < 1.29 is 4.42 Å². The van der Waals surface area contributed by atoms with Gasteiger partial charge in [0, 0.05) is 27.7 Å². The van der Waals surface area contributed by atoms with Crippen molar-refractivity contribution >= 4 is 39.0 Å². The van der Waals surface area contributed by atoms with Gasteiger partial charge in [0.2, 0.25) is 0 Å². The van der Waals surface area contributed by atoms with Crippen LogP contribution in [-0.2, 0) is 18.3 Å². The number of para-hydroxylation sites is 2. The number of aryl methyl sites for hydroxylation is 2. The molecule has 2 heteroatoms. The maximum Gasteiger partial charge on any atom is 0.135 e. The number of hydrogen-bond donors (Lipinski definition) is 0. The second-order valence-electron chi connectivity index (χ2n) is 15.1. The zero-order chi connectivity index (χ0) is 36.3. The molecular weight excluding hydrogens is 667 g/mol. The van der Waals surface area contributed by atoms with Gasteiger partial charge in [0.1, 0.15) is 11.2 Å². The summed E-state index contributed by atoms with van der Waals surface area (Å²) >= 11 is 0. The van der Waals surface area contributed by atoms with Crippen LogP contribution in [0.1, 0.15) is 46.2 Å². The molecule has 55 heavy (non-hydrogen) atoms. The predicted molar refractivity (Wildman–Crippen MR) is 228 cm³/mol. The quantitative estimate of drug-likeness (QED) is 0.171. The molecule has 0 bridgehead atoms. The van der Waals surface area contributed by atoms with Crippen molar-refractivity contribution in [2.45, 2.75) is 31.1 Å². The highest BCUT2D eigenvalue weighted by molar-refractivity contribution is 6.07. The van der Waals surface area contributed by atoms with E-state index in [0.29, 0.717) is 0 Å². The van der Waals surface area contributed by atoms with Crippen LogP contribution in [0.4, 0.5) is 17.1 Å². The molecular formula is C53H39NO. The van der Waals surface area contributed by atoms with E-state index in [2.05, 4.69) is 187 Å². The Labute approximate surface area is 322 Å². The van der Waals surface area contributed by atoms with Crippen LogP contribution in [0.15, 0.2) is 192 Å². The summed E-state index contributed by atoms with van der Waals surface area (Å²) in [6, 6.07) is 69.5. The van der Waals surface area contributed by atoms with E-state index >= 15 is 0 Å². The average Bonchev–Trinajstić information content (AvgIpc) is 3.77. The minimum Gasteiger partial charge on any atom is -0.456 e. The van der Waals surface area contributed by atoms with E-state index in [0.717, 1.165) is 51.8 Å². The Hall–Kier alpha value is -6.64. The standard InChI is InChI=1S/C53H39NO/c1-4-18-39(19-5-1)53(40-20-6-2-7-21-40)48-26-14-12-24-43(48)46-34-45(38-29-28-36-16-10-11-17-37(36)32-38)50(35-49(46)53)54(41-22-8-3-9-23-41)42-30-31-52-47(33-42)44-25-13-15-27-51(44)55-52/h1-9,12-15,18-35H,10-11,16-17H2. The maximum absolute atomic E-state index is 6.35. The maximum atomic E-state index is 6.35. The van der Waals surface area contributed by atoms with Crippen LogP contribution < -0.4 is 4.90 Å². The summed E-state index contributed by atoms with van der Waals surface area (Å²) in [6.45, 7) is 0. The van der Waals surface area contributed by atoms with Gasteiger partial charge in [0.15, 0.2) is 0 Å². The Balaban J connectivity index is 1.26. The zero-order valence-corrected chi connectivity index (χ0v) is 30.6. The van der Waals surface area contributed by atoms with Crippen molar-refractivity contribution in [3.8, 4) is 22.3 Å². The van der Waals surface area contributed by atoms with Crippen molar-refractivity contribution in [1.82, 2.24) is 0 Å². The first-order chi connectivity index (χ1) is 27.3. The third kappa shape index (κ3) is 4.95. The van der Waals surface area contributed by atoms with Crippen molar-refractivity contribution in [2.24, 2.45) is 0 Å².